The van der Waals surface area contributed by atoms with E-state index in [9.17, 15) is 4.79 Å². The van der Waals surface area contributed by atoms with Crippen molar-refractivity contribution >= 4 is 5.97 Å². The van der Waals surface area contributed by atoms with Gasteiger partial charge in [-0.3, -0.25) is 4.79 Å². The number of hydrogen-bond acceptors (Lipinski definition) is 2. The number of carbonyl (C=O) groups is 1. The van der Waals surface area contributed by atoms with E-state index in [0.29, 0.717) is 6.61 Å². The normalized spacial score (nSPS) is 11.7. The van der Waals surface area contributed by atoms with Crippen LogP contribution < -0.4 is 0 Å². The SMILES string of the molecule is C=CCCC(CCCCCc1ccccc1)C(=O)OCc1ccccc1. The number of unbranched alkanes of at least 4 members (excludes halogenated alkanes) is 2. The molecule has 2 nitrogen and oxygen atoms in total. The average Bonchev–Trinajstić information content (AvgIpc) is 2.70. The summed E-state index contributed by atoms with van der Waals surface area (Å²) in [5.41, 5.74) is 2.42. The molecule has 0 aliphatic heterocycles. The maximum absolute atomic E-state index is 12.5. The van der Waals surface area contributed by atoms with Gasteiger partial charge in [-0.05, 0) is 43.2 Å². The molecule has 1 unspecified atom stereocenters. The third-order valence-electron chi connectivity index (χ3n) is 4.64. The highest BCUT2D eigenvalue weighted by atomic mass is 16.5. The van der Waals surface area contributed by atoms with E-state index in [1.54, 1.807) is 0 Å². The Balaban J connectivity index is 1.71. The second-order valence-corrected chi connectivity index (χ2v) is 6.74. The third-order valence-corrected chi connectivity index (χ3v) is 4.64. The van der Waals surface area contributed by atoms with E-state index < -0.39 is 0 Å². The van der Waals surface area contributed by atoms with E-state index in [1.807, 2.05) is 36.4 Å². The quantitative estimate of drug-likeness (QED) is 0.262. The van der Waals surface area contributed by atoms with Crippen molar-refractivity contribution < 1.29 is 9.53 Å². The summed E-state index contributed by atoms with van der Waals surface area (Å²) in [6.07, 6.45) is 8.95. The molecule has 138 valence electrons. The van der Waals surface area contributed by atoms with Crippen LogP contribution in [-0.2, 0) is 22.6 Å². The molecule has 2 rings (SSSR count). The van der Waals surface area contributed by atoms with Crippen LogP contribution in [0.5, 0.6) is 0 Å². The standard InChI is InChI=1S/C24H30O2/c1-2-3-18-23(24(25)26-20-22-16-10-5-11-17-22)19-12-6-9-15-21-13-7-4-8-14-21/h2,4-5,7-8,10-11,13-14,16-17,23H,1,3,6,9,12,15,18-20H2. The molecule has 0 radical (unpaired) electrons. The van der Waals surface area contributed by atoms with Crippen molar-refractivity contribution in [3.63, 3.8) is 0 Å². The second kappa shape index (κ2) is 12.1. The van der Waals surface area contributed by atoms with Gasteiger partial charge in [-0.1, -0.05) is 79.6 Å². The summed E-state index contributed by atoms with van der Waals surface area (Å²) in [5, 5.41) is 0. The number of benzene rings is 2. The van der Waals surface area contributed by atoms with Crippen LogP contribution in [0, 0.1) is 5.92 Å². The second-order valence-electron chi connectivity index (χ2n) is 6.74. The van der Waals surface area contributed by atoms with Crippen molar-refractivity contribution in [3.05, 3.63) is 84.4 Å². The number of hydrogen-bond donors (Lipinski definition) is 0. The van der Waals surface area contributed by atoms with Gasteiger partial charge in [-0.15, -0.1) is 6.58 Å². The molecule has 0 saturated heterocycles. The van der Waals surface area contributed by atoms with E-state index in [1.165, 1.54) is 5.56 Å². The van der Waals surface area contributed by atoms with Gasteiger partial charge in [0.2, 0.25) is 0 Å². The summed E-state index contributed by atoms with van der Waals surface area (Å²) >= 11 is 0. The molecule has 0 N–H and O–H groups in total. The van der Waals surface area contributed by atoms with E-state index >= 15 is 0 Å². The fourth-order valence-electron chi connectivity index (χ4n) is 3.09. The number of allylic oxidation sites excluding steroid dienone is 1. The molecule has 2 aromatic carbocycles. The largest absolute Gasteiger partial charge is 0.461 e. The monoisotopic (exact) mass is 350 g/mol. The number of ether oxygens (including phenoxy) is 1. The van der Waals surface area contributed by atoms with Gasteiger partial charge in [-0.2, -0.15) is 0 Å². The predicted octanol–water partition coefficient (Wildman–Crippen LogP) is 6.12. The fourth-order valence-corrected chi connectivity index (χ4v) is 3.09. The number of aryl methyl sites for hydroxylation is 1. The number of esters is 1. The van der Waals surface area contributed by atoms with Crippen LogP contribution in [0.15, 0.2) is 73.3 Å². The maximum Gasteiger partial charge on any atom is 0.309 e. The van der Waals surface area contributed by atoms with Gasteiger partial charge in [0.1, 0.15) is 6.61 Å². The first-order valence-corrected chi connectivity index (χ1v) is 9.65. The zero-order valence-corrected chi connectivity index (χ0v) is 15.6. The first-order chi connectivity index (χ1) is 12.8. The van der Waals surface area contributed by atoms with Gasteiger partial charge >= 0.3 is 5.97 Å². The Hall–Kier alpha value is -2.35. The zero-order chi connectivity index (χ0) is 18.5. The van der Waals surface area contributed by atoms with Gasteiger partial charge in [0.25, 0.3) is 0 Å². The van der Waals surface area contributed by atoms with E-state index in [4.69, 9.17) is 4.74 Å². The van der Waals surface area contributed by atoms with Crippen molar-refractivity contribution in [2.45, 2.75) is 51.6 Å². The van der Waals surface area contributed by atoms with Crippen LogP contribution in [0.2, 0.25) is 0 Å². The summed E-state index contributed by atoms with van der Waals surface area (Å²) in [5.74, 6) is -0.0906. The minimum absolute atomic E-state index is 0.0200. The third kappa shape index (κ3) is 7.69. The summed E-state index contributed by atoms with van der Waals surface area (Å²) in [6, 6.07) is 20.4. The molecule has 0 aromatic heterocycles. The number of rotatable bonds is 12. The minimum Gasteiger partial charge on any atom is -0.461 e. The van der Waals surface area contributed by atoms with Crippen LogP contribution in [-0.4, -0.2) is 5.97 Å². The zero-order valence-electron chi connectivity index (χ0n) is 15.6. The molecule has 26 heavy (non-hydrogen) atoms. The first kappa shape index (κ1) is 20.0. The summed E-state index contributed by atoms with van der Waals surface area (Å²) in [7, 11) is 0. The summed E-state index contributed by atoms with van der Waals surface area (Å²) < 4.78 is 5.54. The predicted molar refractivity (Wildman–Crippen MR) is 108 cm³/mol. The van der Waals surface area contributed by atoms with Crippen molar-refractivity contribution in [1.82, 2.24) is 0 Å². The minimum atomic E-state index is -0.0706. The highest BCUT2D eigenvalue weighted by Gasteiger charge is 2.19. The summed E-state index contributed by atoms with van der Waals surface area (Å²) in [6.45, 7) is 4.14. The molecule has 0 aliphatic carbocycles. The smallest absolute Gasteiger partial charge is 0.309 e. The molecule has 0 spiro atoms. The lowest BCUT2D eigenvalue weighted by molar-refractivity contribution is -0.150. The fraction of sp³-hybridized carbons (Fsp3) is 0.375. The molecule has 1 atom stereocenters. The summed E-state index contributed by atoms with van der Waals surface area (Å²) in [4.78, 5) is 12.5. The van der Waals surface area contributed by atoms with Crippen molar-refractivity contribution in [1.29, 1.82) is 0 Å². The van der Waals surface area contributed by atoms with Crippen LogP contribution in [0.4, 0.5) is 0 Å². The van der Waals surface area contributed by atoms with Crippen molar-refractivity contribution in [2.75, 3.05) is 0 Å². The molecule has 0 saturated carbocycles. The van der Waals surface area contributed by atoms with Crippen LogP contribution in [0.1, 0.15) is 49.7 Å². The van der Waals surface area contributed by atoms with Crippen LogP contribution >= 0.6 is 0 Å². The lowest BCUT2D eigenvalue weighted by Gasteiger charge is -2.15. The average molecular weight is 351 g/mol. The van der Waals surface area contributed by atoms with Crippen molar-refractivity contribution in [3.8, 4) is 0 Å². The van der Waals surface area contributed by atoms with Gasteiger partial charge in [-0.25, -0.2) is 0 Å². The number of carbonyl (C=O) groups excluding carboxylic acids is 1. The Labute approximate surface area is 157 Å². The maximum atomic E-state index is 12.5. The molecule has 0 amide bonds. The molecular formula is C24H30O2. The van der Waals surface area contributed by atoms with E-state index in [2.05, 4.69) is 36.9 Å². The van der Waals surface area contributed by atoms with E-state index in [-0.39, 0.29) is 11.9 Å². The molecule has 0 aliphatic rings. The Morgan fingerprint density at radius 2 is 1.54 bits per heavy atom. The Morgan fingerprint density at radius 3 is 2.19 bits per heavy atom. The van der Waals surface area contributed by atoms with Gasteiger partial charge < -0.3 is 4.74 Å². The molecular weight excluding hydrogens is 320 g/mol. The highest BCUT2D eigenvalue weighted by molar-refractivity contribution is 5.72. The molecule has 0 bridgehead atoms. The van der Waals surface area contributed by atoms with Crippen LogP contribution in [0.3, 0.4) is 0 Å². The van der Waals surface area contributed by atoms with Crippen molar-refractivity contribution in [2.24, 2.45) is 5.92 Å². The first-order valence-electron chi connectivity index (χ1n) is 9.65. The van der Waals surface area contributed by atoms with E-state index in [0.717, 1.165) is 50.5 Å². The topological polar surface area (TPSA) is 26.3 Å². The van der Waals surface area contributed by atoms with Gasteiger partial charge in [0.15, 0.2) is 0 Å². The lowest BCUT2D eigenvalue weighted by atomic mass is 9.95. The molecule has 0 fully saturated rings. The Morgan fingerprint density at radius 1 is 0.885 bits per heavy atom. The molecule has 2 aromatic rings. The Bertz CT molecular complexity index is 634. The van der Waals surface area contributed by atoms with Gasteiger partial charge in [0, 0.05) is 0 Å². The highest BCUT2D eigenvalue weighted by Crippen LogP contribution is 2.19. The lowest BCUT2D eigenvalue weighted by Crippen LogP contribution is -2.18. The van der Waals surface area contributed by atoms with Crippen LogP contribution in [0.25, 0.3) is 0 Å². The molecule has 2 heteroatoms. The Kier molecular flexibility index (Phi) is 9.27. The molecule has 0 heterocycles. The van der Waals surface area contributed by atoms with Gasteiger partial charge in [0.05, 0.1) is 5.92 Å².